The largest absolute Gasteiger partial charge is 0.342 e. The van der Waals surface area contributed by atoms with E-state index in [0.717, 1.165) is 6.41 Å². The summed E-state index contributed by atoms with van der Waals surface area (Å²) >= 11 is 0. The number of hydrogen-bond acceptors (Lipinski definition) is 1. The molecule has 1 amide bonds. The first kappa shape index (κ1) is 7.21. The van der Waals surface area contributed by atoms with Crippen molar-refractivity contribution in [2.75, 3.05) is 7.05 Å². The zero-order valence-corrected chi connectivity index (χ0v) is 5.29. The Bertz CT molecular complexity index is 78.5. The standard InChI is InChI=1S/C6H11NO/c1-4-6(2)7(3)5-8/h4-6H,1H2,2-3H3. The maximum absolute atomic E-state index is 9.98. The van der Waals surface area contributed by atoms with Crippen LogP contribution in [0.1, 0.15) is 6.92 Å². The van der Waals surface area contributed by atoms with Crippen molar-refractivity contribution in [3.05, 3.63) is 12.7 Å². The van der Waals surface area contributed by atoms with Crippen molar-refractivity contribution in [1.82, 2.24) is 4.90 Å². The van der Waals surface area contributed by atoms with Crippen molar-refractivity contribution in [2.45, 2.75) is 13.0 Å². The van der Waals surface area contributed by atoms with Gasteiger partial charge in [-0.15, -0.1) is 6.58 Å². The van der Waals surface area contributed by atoms with Gasteiger partial charge in [0.1, 0.15) is 0 Å². The van der Waals surface area contributed by atoms with Crippen LogP contribution >= 0.6 is 0 Å². The van der Waals surface area contributed by atoms with Crippen LogP contribution in [0, 0.1) is 0 Å². The maximum atomic E-state index is 9.98. The molecule has 2 heteroatoms. The zero-order chi connectivity index (χ0) is 6.57. The van der Waals surface area contributed by atoms with E-state index in [1.54, 1.807) is 18.0 Å². The van der Waals surface area contributed by atoms with E-state index in [1.165, 1.54) is 0 Å². The van der Waals surface area contributed by atoms with Crippen LogP contribution in [-0.4, -0.2) is 24.4 Å². The molecule has 1 atom stereocenters. The van der Waals surface area contributed by atoms with E-state index in [0.29, 0.717) is 0 Å². The molecule has 2 nitrogen and oxygen atoms in total. The van der Waals surface area contributed by atoms with Crippen LogP contribution in [0.3, 0.4) is 0 Å². The third-order valence-electron chi connectivity index (χ3n) is 1.15. The van der Waals surface area contributed by atoms with Gasteiger partial charge < -0.3 is 4.90 Å². The number of nitrogens with zero attached hydrogens (tertiary/aromatic N) is 1. The van der Waals surface area contributed by atoms with Crippen LogP contribution in [0.5, 0.6) is 0 Å². The van der Waals surface area contributed by atoms with Crippen molar-refractivity contribution >= 4 is 6.41 Å². The number of likely N-dealkylation sites (N-methyl/N-ethyl adjacent to an activating group) is 1. The summed E-state index contributed by atoms with van der Waals surface area (Å²) in [7, 11) is 1.72. The van der Waals surface area contributed by atoms with Gasteiger partial charge in [0.25, 0.3) is 0 Å². The SMILES string of the molecule is C=CC(C)N(C)C=O. The van der Waals surface area contributed by atoms with Gasteiger partial charge in [0.2, 0.25) is 6.41 Å². The number of hydrogen-bond donors (Lipinski definition) is 0. The Hall–Kier alpha value is -0.790. The molecule has 46 valence electrons. The number of carbonyl (C=O) groups is 1. The van der Waals surface area contributed by atoms with E-state index in [1.807, 2.05) is 6.92 Å². The molecule has 0 N–H and O–H groups in total. The average molecular weight is 113 g/mol. The molecule has 0 fully saturated rings. The first-order valence-corrected chi connectivity index (χ1v) is 2.52. The molecular formula is C6H11NO. The monoisotopic (exact) mass is 113 g/mol. The van der Waals surface area contributed by atoms with E-state index in [2.05, 4.69) is 6.58 Å². The van der Waals surface area contributed by atoms with Crippen LogP contribution in [0.2, 0.25) is 0 Å². The van der Waals surface area contributed by atoms with Crippen molar-refractivity contribution in [2.24, 2.45) is 0 Å². The van der Waals surface area contributed by atoms with Gasteiger partial charge >= 0.3 is 0 Å². The lowest BCUT2D eigenvalue weighted by Crippen LogP contribution is -2.24. The highest BCUT2D eigenvalue weighted by Crippen LogP contribution is 1.89. The van der Waals surface area contributed by atoms with E-state index in [4.69, 9.17) is 0 Å². The molecule has 1 unspecified atom stereocenters. The average Bonchev–Trinajstić information content (AvgIpc) is 1.84. The van der Waals surface area contributed by atoms with Crippen molar-refractivity contribution < 1.29 is 4.79 Å². The Labute approximate surface area is 49.8 Å². The summed E-state index contributed by atoms with van der Waals surface area (Å²) in [6.45, 7) is 5.43. The molecule has 0 aromatic rings. The molecule has 0 saturated carbocycles. The van der Waals surface area contributed by atoms with E-state index in [-0.39, 0.29) is 6.04 Å². The second-order valence-electron chi connectivity index (χ2n) is 1.75. The molecule has 0 aromatic carbocycles. The summed E-state index contributed by atoms with van der Waals surface area (Å²) in [6, 6.07) is 0.146. The van der Waals surface area contributed by atoms with Gasteiger partial charge in [-0.25, -0.2) is 0 Å². The van der Waals surface area contributed by atoms with Crippen molar-refractivity contribution in [1.29, 1.82) is 0 Å². The van der Waals surface area contributed by atoms with Crippen LogP contribution in [0.15, 0.2) is 12.7 Å². The minimum atomic E-state index is 0.146. The van der Waals surface area contributed by atoms with Crippen LogP contribution in [0.25, 0.3) is 0 Å². The Morgan fingerprint density at radius 3 is 2.38 bits per heavy atom. The first-order chi connectivity index (χ1) is 3.72. The third-order valence-corrected chi connectivity index (χ3v) is 1.15. The molecule has 0 aliphatic rings. The third kappa shape index (κ3) is 1.78. The highest BCUT2D eigenvalue weighted by Gasteiger charge is 1.97. The number of amides is 1. The molecule has 0 bridgehead atoms. The van der Waals surface area contributed by atoms with Crippen LogP contribution in [0.4, 0.5) is 0 Å². The zero-order valence-electron chi connectivity index (χ0n) is 5.29. The summed E-state index contributed by atoms with van der Waals surface area (Å²) in [4.78, 5) is 11.5. The van der Waals surface area contributed by atoms with Gasteiger partial charge in [-0.2, -0.15) is 0 Å². The molecule has 0 saturated heterocycles. The smallest absolute Gasteiger partial charge is 0.209 e. The van der Waals surface area contributed by atoms with Crippen molar-refractivity contribution in [3.8, 4) is 0 Å². The molecule has 0 heterocycles. The molecule has 0 aromatic heterocycles. The summed E-state index contributed by atoms with van der Waals surface area (Å²) in [5.41, 5.74) is 0. The predicted octanol–water partition coefficient (Wildman–Crippen LogP) is 0.649. The summed E-state index contributed by atoms with van der Waals surface area (Å²) in [5.74, 6) is 0. The van der Waals surface area contributed by atoms with Gasteiger partial charge in [0, 0.05) is 13.1 Å². The van der Waals surface area contributed by atoms with Gasteiger partial charge in [0.05, 0.1) is 0 Å². The second-order valence-corrected chi connectivity index (χ2v) is 1.75. The molecule has 8 heavy (non-hydrogen) atoms. The van der Waals surface area contributed by atoms with Crippen LogP contribution < -0.4 is 0 Å². The highest BCUT2D eigenvalue weighted by molar-refractivity contribution is 5.47. The summed E-state index contributed by atoms with van der Waals surface area (Å²) in [5, 5.41) is 0. The van der Waals surface area contributed by atoms with Crippen LogP contribution in [-0.2, 0) is 4.79 Å². The molecule has 0 aliphatic heterocycles. The van der Waals surface area contributed by atoms with E-state index < -0.39 is 0 Å². The molecule has 0 aliphatic carbocycles. The summed E-state index contributed by atoms with van der Waals surface area (Å²) in [6.07, 6.45) is 2.50. The Balaban J connectivity index is 3.60. The number of carbonyl (C=O) groups excluding carboxylic acids is 1. The molecule has 0 radical (unpaired) electrons. The lowest BCUT2D eigenvalue weighted by molar-refractivity contribution is -0.117. The fourth-order valence-corrected chi connectivity index (χ4v) is 0.262. The van der Waals surface area contributed by atoms with Gasteiger partial charge in [-0.05, 0) is 6.92 Å². The first-order valence-electron chi connectivity index (χ1n) is 2.52. The highest BCUT2D eigenvalue weighted by atomic mass is 16.1. The molecular weight excluding hydrogens is 102 g/mol. The molecule has 0 spiro atoms. The Morgan fingerprint density at radius 2 is 2.25 bits per heavy atom. The predicted molar refractivity (Wildman–Crippen MR) is 33.5 cm³/mol. The number of rotatable bonds is 3. The van der Waals surface area contributed by atoms with Gasteiger partial charge in [-0.1, -0.05) is 6.08 Å². The fraction of sp³-hybridized carbons (Fsp3) is 0.500. The quantitative estimate of drug-likeness (QED) is 0.388. The minimum absolute atomic E-state index is 0.146. The maximum Gasteiger partial charge on any atom is 0.209 e. The van der Waals surface area contributed by atoms with Gasteiger partial charge in [0.15, 0.2) is 0 Å². The van der Waals surface area contributed by atoms with Crippen molar-refractivity contribution in [3.63, 3.8) is 0 Å². The molecule has 0 rings (SSSR count). The van der Waals surface area contributed by atoms with E-state index in [9.17, 15) is 4.79 Å². The Morgan fingerprint density at radius 1 is 1.75 bits per heavy atom. The normalized spacial score (nSPS) is 12.2. The summed E-state index contributed by atoms with van der Waals surface area (Å²) < 4.78 is 0. The topological polar surface area (TPSA) is 20.3 Å². The van der Waals surface area contributed by atoms with Gasteiger partial charge in [-0.3, -0.25) is 4.79 Å². The fourth-order valence-electron chi connectivity index (χ4n) is 0.262. The second kappa shape index (κ2) is 3.24. The minimum Gasteiger partial charge on any atom is -0.342 e. The Kier molecular flexibility index (Phi) is 2.92. The van der Waals surface area contributed by atoms with E-state index >= 15 is 0 Å². The lowest BCUT2D eigenvalue weighted by Gasteiger charge is -2.14. The lowest BCUT2D eigenvalue weighted by atomic mass is 10.3.